The van der Waals surface area contributed by atoms with Crippen molar-refractivity contribution in [1.29, 1.82) is 0 Å². The van der Waals surface area contributed by atoms with Crippen molar-refractivity contribution in [2.45, 2.75) is 25.5 Å². The van der Waals surface area contributed by atoms with Crippen molar-refractivity contribution in [1.82, 2.24) is 10.2 Å². The first kappa shape index (κ1) is 15.7. The van der Waals surface area contributed by atoms with Crippen LogP contribution >= 0.6 is 23.6 Å². The highest BCUT2D eigenvalue weighted by Gasteiger charge is 2.21. The summed E-state index contributed by atoms with van der Waals surface area (Å²) in [6.45, 7) is 3.98. The fourth-order valence-corrected chi connectivity index (χ4v) is 3.18. The van der Waals surface area contributed by atoms with Crippen LogP contribution in [-0.4, -0.2) is 49.5 Å². The van der Waals surface area contributed by atoms with Crippen LogP contribution in [-0.2, 0) is 16.0 Å². The van der Waals surface area contributed by atoms with Gasteiger partial charge in [-0.3, -0.25) is 0 Å². The third-order valence-electron chi connectivity index (χ3n) is 3.24. The quantitative estimate of drug-likeness (QED) is 0.617. The van der Waals surface area contributed by atoms with Crippen LogP contribution in [0, 0.1) is 0 Å². The van der Waals surface area contributed by atoms with Crippen molar-refractivity contribution in [3.05, 3.63) is 22.4 Å². The maximum Gasteiger partial charge on any atom is 0.169 e. The fourth-order valence-electron chi connectivity index (χ4n) is 2.22. The Morgan fingerprint density at radius 2 is 2.55 bits per heavy atom. The van der Waals surface area contributed by atoms with Crippen LogP contribution in [0.3, 0.4) is 0 Å². The number of nitrogens with zero attached hydrogens (tertiary/aromatic N) is 1. The summed E-state index contributed by atoms with van der Waals surface area (Å²) in [6.07, 6.45) is 2.58. The van der Waals surface area contributed by atoms with Crippen molar-refractivity contribution in [3.63, 3.8) is 0 Å². The van der Waals surface area contributed by atoms with Crippen LogP contribution in [0.15, 0.2) is 17.5 Å². The average molecular weight is 314 g/mol. The summed E-state index contributed by atoms with van der Waals surface area (Å²) < 4.78 is 10.8. The third kappa shape index (κ3) is 5.01. The van der Waals surface area contributed by atoms with E-state index in [2.05, 4.69) is 27.7 Å². The molecule has 1 aromatic heterocycles. The molecule has 1 saturated heterocycles. The Balaban J connectivity index is 1.89. The number of hydrogen-bond acceptors (Lipinski definition) is 4. The van der Waals surface area contributed by atoms with Gasteiger partial charge in [-0.15, -0.1) is 11.3 Å². The summed E-state index contributed by atoms with van der Waals surface area (Å²) in [5.74, 6) is 0. The first-order valence-electron chi connectivity index (χ1n) is 6.95. The van der Waals surface area contributed by atoms with E-state index in [0.29, 0.717) is 12.7 Å². The highest BCUT2D eigenvalue weighted by molar-refractivity contribution is 7.80. The Kier molecular flexibility index (Phi) is 6.72. The molecule has 1 aromatic rings. The molecule has 0 spiro atoms. The lowest BCUT2D eigenvalue weighted by Crippen LogP contribution is -2.43. The Morgan fingerprint density at radius 1 is 1.65 bits per heavy atom. The summed E-state index contributed by atoms with van der Waals surface area (Å²) in [5, 5.41) is 6.13. The van der Waals surface area contributed by atoms with E-state index >= 15 is 0 Å². The molecule has 1 fully saturated rings. The number of methoxy groups -OCH3 is 1. The molecule has 0 bridgehead atoms. The highest BCUT2D eigenvalue weighted by atomic mass is 32.1. The van der Waals surface area contributed by atoms with Crippen molar-refractivity contribution >= 4 is 28.7 Å². The fraction of sp³-hybridized carbons (Fsp3) is 0.643. The second-order valence-corrected chi connectivity index (χ2v) is 6.24. The van der Waals surface area contributed by atoms with Crippen molar-refractivity contribution < 1.29 is 9.47 Å². The van der Waals surface area contributed by atoms with Gasteiger partial charge in [0.05, 0.1) is 19.3 Å². The number of thiocarbonyl (C=S) groups is 1. The van der Waals surface area contributed by atoms with Gasteiger partial charge in [0.1, 0.15) is 0 Å². The first-order chi connectivity index (χ1) is 9.79. The van der Waals surface area contributed by atoms with Crippen LogP contribution in [0.1, 0.15) is 17.7 Å². The monoisotopic (exact) mass is 314 g/mol. The Labute approximate surface area is 130 Å². The van der Waals surface area contributed by atoms with Crippen molar-refractivity contribution in [2.75, 3.05) is 33.4 Å². The molecule has 4 nitrogen and oxygen atoms in total. The number of hydrogen-bond donors (Lipinski definition) is 1. The van der Waals surface area contributed by atoms with Gasteiger partial charge in [0.15, 0.2) is 5.11 Å². The summed E-state index contributed by atoms with van der Waals surface area (Å²) in [5.41, 5.74) is 0. The van der Waals surface area contributed by atoms with E-state index in [0.717, 1.165) is 44.2 Å². The Hall–Kier alpha value is -0.690. The molecule has 1 aliphatic heterocycles. The normalized spacial score (nSPS) is 18.1. The SMILES string of the molecule is COCCNC(=S)N(Cc1cccs1)CC1CCCO1. The van der Waals surface area contributed by atoms with Crippen molar-refractivity contribution in [2.24, 2.45) is 0 Å². The smallest absolute Gasteiger partial charge is 0.169 e. The second-order valence-electron chi connectivity index (χ2n) is 4.82. The number of ether oxygens (including phenoxy) is 2. The number of rotatable bonds is 7. The van der Waals surface area contributed by atoms with E-state index in [1.165, 1.54) is 4.88 Å². The molecule has 0 radical (unpaired) electrons. The predicted octanol–water partition coefficient (Wildman–Crippen LogP) is 2.25. The van der Waals surface area contributed by atoms with Gasteiger partial charge in [-0.05, 0) is 36.5 Å². The Bertz CT molecular complexity index is 392. The van der Waals surface area contributed by atoms with Crippen molar-refractivity contribution in [3.8, 4) is 0 Å². The van der Waals surface area contributed by atoms with Crippen LogP contribution in [0.4, 0.5) is 0 Å². The summed E-state index contributed by atoms with van der Waals surface area (Å²) in [4.78, 5) is 3.52. The highest BCUT2D eigenvalue weighted by Crippen LogP contribution is 2.17. The Morgan fingerprint density at radius 3 is 3.20 bits per heavy atom. The molecule has 0 amide bonds. The van der Waals surface area contributed by atoms with Gasteiger partial charge in [0.25, 0.3) is 0 Å². The number of thiophene rings is 1. The molecule has 6 heteroatoms. The van der Waals surface area contributed by atoms with E-state index < -0.39 is 0 Å². The average Bonchev–Trinajstić information content (AvgIpc) is 3.11. The molecule has 1 atom stereocenters. The van der Waals surface area contributed by atoms with Gasteiger partial charge in [0.2, 0.25) is 0 Å². The molecule has 0 aromatic carbocycles. The summed E-state index contributed by atoms with van der Waals surface area (Å²) in [7, 11) is 1.69. The minimum atomic E-state index is 0.303. The lowest BCUT2D eigenvalue weighted by molar-refractivity contribution is 0.0898. The zero-order valence-electron chi connectivity index (χ0n) is 11.8. The van der Waals surface area contributed by atoms with E-state index in [4.69, 9.17) is 21.7 Å². The lowest BCUT2D eigenvalue weighted by Gasteiger charge is -2.27. The minimum absolute atomic E-state index is 0.303. The largest absolute Gasteiger partial charge is 0.383 e. The summed E-state index contributed by atoms with van der Waals surface area (Å²) in [6, 6.07) is 4.22. The van der Waals surface area contributed by atoms with Gasteiger partial charge < -0.3 is 19.7 Å². The van der Waals surface area contributed by atoms with Gasteiger partial charge >= 0.3 is 0 Å². The maximum atomic E-state index is 5.73. The van der Waals surface area contributed by atoms with Gasteiger partial charge in [-0.1, -0.05) is 6.07 Å². The van der Waals surface area contributed by atoms with E-state index in [1.54, 1.807) is 18.4 Å². The third-order valence-corrected chi connectivity index (χ3v) is 4.51. The molecule has 1 N–H and O–H groups in total. The van der Waals surface area contributed by atoms with Gasteiger partial charge in [-0.25, -0.2) is 0 Å². The maximum absolute atomic E-state index is 5.73. The van der Waals surface area contributed by atoms with Crippen LogP contribution in [0.25, 0.3) is 0 Å². The molecule has 0 aliphatic carbocycles. The van der Waals surface area contributed by atoms with E-state index in [-0.39, 0.29) is 0 Å². The minimum Gasteiger partial charge on any atom is -0.383 e. The zero-order chi connectivity index (χ0) is 14.2. The number of nitrogens with one attached hydrogen (secondary N) is 1. The molecule has 112 valence electrons. The lowest BCUT2D eigenvalue weighted by atomic mass is 10.2. The van der Waals surface area contributed by atoms with Gasteiger partial charge in [-0.2, -0.15) is 0 Å². The van der Waals surface area contributed by atoms with E-state index in [9.17, 15) is 0 Å². The van der Waals surface area contributed by atoms with Crippen LogP contribution in [0.5, 0.6) is 0 Å². The molecule has 1 aliphatic rings. The van der Waals surface area contributed by atoms with E-state index in [1.807, 2.05) is 0 Å². The summed E-state index contributed by atoms with van der Waals surface area (Å²) >= 11 is 7.27. The standard InChI is InChI=1S/C14H22N2O2S2/c1-17-8-6-15-14(19)16(10-12-4-2-7-18-12)11-13-5-3-9-20-13/h3,5,9,12H,2,4,6-8,10-11H2,1H3,(H,15,19). The first-order valence-corrected chi connectivity index (χ1v) is 8.24. The molecular formula is C14H22N2O2S2. The molecule has 0 saturated carbocycles. The zero-order valence-corrected chi connectivity index (χ0v) is 13.5. The van der Waals surface area contributed by atoms with Crippen LogP contribution in [0.2, 0.25) is 0 Å². The molecule has 2 rings (SSSR count). The molecule has 20 heavy (non-hydrogen) atoms. The topological polar surface area (TPSA) is 33.7 Å². The molecule has 1 unspecified atom stereocenters. The van der Waals surface area contributed by atoms with Gasteiger partial charge in [0, 0.05) is 31.7 Å². The van der Waals surface area contributed by atoms with Crippen LogP contribution < -0.4 is 5.32 Å². The second kappa shape index (κ2) is 8.56. The molecule has 2 heterocycles. The predicted molar refractivity (Wildman–Crippen MR) is 86.2 cm³/mol. The molecular weight excluding hydrogens is 292 g/mol.